The van der Waals surface area contributed by atoms with Gasteiger partial charge in [-0.1, -0.05) is 35.5 Å². The molecule has 1 amide bonds. The van der Waals surface area contributed by atoms with Crippen LogP contribution in [0.15, 0.2) is 65.7 Å². The lowest BCUT2D eigenvalue weighted by atomic mass is 10.1. The second-order valence-corrected chi connectivity index (χ2v) is 5.97. The van der Waals surface area contributed by atoms with Gasteiger partial charge in [0.1, 0.15) is 12.4 Å². The van der Waals surface area contributed by atoms with E-state index in [0.717, 1.165) is 11.1 Å². The number of tetrazole rings is 1. The molecule has 1 aromatic carbocycles. The van der Waals surface area contributed by atoms with E-state index in [1.54, 1.807) is 18.5 Å². The first kappa shape index (κ1) is 17.5. The van der Waals surface area contributed by atoms with E-state index in [2.05, 4.69) is 36.0 Å². The summed E-state index contributed by atoms with van der Waals surface area (Å²) in [5, 5.41) is 17.8. The van der Waals surface area contributed by atoms with Crippen molar-refractivity contribution in [3.63, 3.8) is 0 Å². The number of aromatic nitrogens is 7. The molecular formula is C18H16N8O2. The number of hydrogen-bond donors (Lipinski definition) is 1. The van der Waals surface area contributed by atoms with Crippen LogP contribution in [0.2, 0.25) is 0 Å². The highest BCUT2D eigenvalue weighted by Crippen LogP contribution is 2.15. The van der Waals surface area contributed by atoms with Crippen molar-refractivity contribution in [2.75, 3.05) is 0 Å². The van der Waals surface area contributed by atoms with Crippen molar-refractivity contribution in [3.05, 3.63) is 72.6 Å². The van der Waals surface area contributed by atoms with Crippen molar-refractivity contribution in [1.29, 1.82) is 0 Å². The summed E-state index contributed by atoms with van der Waals surface area (Å²) in [7, 11) is 0. The molecule has 4 aromatic rings. The van der Waals surface area contributed by atoms with Crippen LogP contribution in [0.4, 0.5) is 0 Å². The van der Waals surface area contributed by atoms with Gasteiger partial charge < -0.3 is 9.84 Å². The normalized spacial score (nSPS) is 11.9. The van der Waals surface area contributed by atoms with Crippen LogP contribution in [0, 0.1) is 0 Å². The van der Waals surface area contributed by atoms with Crippen LogP contribution >= 0.6 is 0 Å². The standard InChI is InChI=1S/C18H16N8O2/c27-18(15(26-12-21-24-25-26)9-13-5-2-1-3-6-13)20-11-16-22-17(23-28-16)14-7-4-8-19-10-14/h1-8,10,12,15H,9,11H2,(H,20,27)/t15-/m1/s1. The maximum Gasteiger partial charge on any atom is 0.246 e. The lowest BCUT2D eigenvalue weighted by molar-refractivity contribution is -0.124. The second kappa shape index (κ2) is 8.16. The first-order valence-corrected chi connectivity index (χ1v) is 8.56. The van der Waals surface area contributed by atoms with E-state index in [1.807, 2.05) is 36.4 Å². The summed E-state index contributed by atoms with van der Waals surface area (Å²) in [5.74, 6) is 0.457. The molecule has 0 unspecified atom stereocenters. The number of amides is 1. The number of rotatable bonds is 7. The summed E-state index contributed by atoms with van der Waals surface area (Å²) in [6.07, 6.45) is 5.17. The molecule has 0 spiro atoms. The summed E-state index contributed by atoms with van der Waals surface area (Å²) >= 11 is 0. The first-order valence-electron chi connectivity index (χ1n) is 8.56. The van der Waals surface area contributed by atoms with Crippen LogP contribution in [-0.4, -0.2) is 41.2 Å². The first-order chi connectivity index (χ1) is 13.8. The zero-order chi connectivity index (χ0) is 19.2. The maximum atomic E-state index is 12.8. The van der Waals surface area contributed by atoms with Gasteiger partial charge in [-0.15, -0.1) is 5.10 Å². The second-order valence-electron chi connectivity index (χ2n) is 5.97. The van der Waals surface area contributed by atoms with Gasteiger partial charge >= 0.3 is 0 Å². The number of nitrogens with zero attached hydrogens (tertiary/aromatic N) is 7. The topological polar surface area (TPSA) is 125 Å². The Morgan fingerprint density at radius 3 is 2.82 bits per heavy atom. The van der Waals surface area contributed by atoms with Gasteiger partial charge in [0.25, 0.3) is 0 Å². The number of pyridine rings is 1. The van der Waals surface area contributed by atoms with E-state index in [-0.39, 0.29) is 12.5 Å². The third-order valence-electron chi connectivity index (χ3n) is 4.06. The molecule has 3 heterocycles. The van der Waals surface area contributed by atoms with Crippen molar-refractivity contribution in [2.24, 2.45) is 0 Å². The molecule has 0 radical (unpaired) electrons. The summed E-state index contributed by atoms with van der Waals surface area (Å²) in [4.78, 5) is 21.1. The highest BCUT2D eigenvalue weighted by Gasteiger charge is 2.23. The van der Waals surface area contributed by atoms with E-state index in [9.17, 15) is 4.79 Å². The lowest BCUT2D eigenvalue weighted by Gasteiger charge is -2.15. The van der Waals surface area contributed by atoms with Crippen LogP contribution in [0.25, 0.3) is 11.4 Å². The van der Waals surface area contributed by atoms with Crippen molar-refractivity contribution in [1.82, 2.24) is 40.6 Å². The van der Waals surface area contributed by atoms with Crippen LogP contribution in [-0.2, 0) is 17.8 Å². The molecule has 28 heavy (non-hydrogen) atoms. The molecule has 140 valence electrons. The summed E-state index contributed by atoms with van der Waals surface area (Å²) in [5.41, 5.74) is 1.73. The Balaban J connectivity index is 1.44. The van der Waals surface area contributed by atoms with Gasteiger partial charge in [-0.05, 0) is 28.1 Å². The molecular weight excluding hydrogens is 360 g/mol. The van der Waals surface area contributed by atoms with Crippen LogP contribution < -0.4 is 5.32 Å². The van der Waals surface area contributed by atoms with Gasteiger partial charge in [0.05, 0.1) is 6.54 Å². The highest BCUT2D eigenvalue weighted by atomic mass is 16.5. The number of benzene rings is 1. The van der Waals surface area contributed by atoms with Gasteiger partial charge in [0.15, 0.2) is 0 Å². The average molecular weight is 376 g/mol. The van der Waals surface area contributed by atoms with Crippen molar-refractivity contribution in [3.8, 4) is 11.4 Å². The molecule has 10 heteroatoms. The lowest BCUT2D eigenvalue weighted by Crippen LogP contribution is -2.34. The predicted molar refractivity (Wildman–Crippen MR) is 96.4 cm³/mol. The van der Waals surface area contributed by atoms with Crippen molar-refractivity contribution in [2.45, 2.75) is 19.0 Å². The number of hydrogen-bond acceptors (Lipinski definition) is 8. The quantitative estimate of drug-likeness (QED) is 0.510. The molecule has 0 saturated carbocycles. The van der Waals surface area contributed by atoms with Gasteiger partial charge in [-0.25, -0.2) is 4.68 Å². The van der Waals surface area contributed by atoms with Gasteiger partial charge in [-0.2, -0.15) is 4.98 Å². The van der Waals surface area contributed by atoms with Crippen LogP contribution in [0.5, 0.6) is 0 Å². The minimum atomic E-state index is -0.599. The molecule has 0 fully saturated rings. The average Bonchev–Trinajstić information content (AvgIpc) is 3.44. The Kier molecular flexibility index (Phi) is 5.09. The Labute approximate surface area is 159 Å². The molecule has 0 aliphatic carbocycles. The predicted octanol–water partition coefficient (Wildman–Crippen LogP) is 1.22. The maximum absolute atomic E-state index is 12.8. The monoisotopic (exact) mass is 376 g/mol. The summed E-state index contributed by atoms with van der Waals surface area (Å²) in [6.45, 7) is 0.0967. The van der Waals surface area contributed by atoms with Crippen molar-refractivity contribution >= 4 is 5.91 Å². The Morgan fingerprint density at radius 2 is 2.07 bits per heavy atom. The number of nitrogens with one attached hydrogen (secondary N) is 1. The van der Waals surface area contributed by atoms with E-state index in [1.165, 1.54) is 11.0 Å². The van der Waals surface area contributed by atoms with Crippen LogP contribution in [0.3, 0.4) is 0 Å². The zero-order valence-corrected chi connectivity index (χ0v) is 14.7. The smallest absolute Gasteiger partial charge is 0.246 e. The fourth-order valence-electron chi connectivity index (χ4n) is 2.67. The molecule has 0 bridgehead atoms. The Morgan fingerprint density at radius 1 is 1.18 bits per heavy atom. The van der Waals surface area contributed by atoms with E-state index < -0.39 is 6.04 Å². The molecule has 0 aliphatic rings. The fraction of sp³-hybridized carbons (Fsp3) is 0.167. The fourth-order valence-corrected chi connectivity index (χ4v) is 2.67. The minimum absolute atomic E-state index is 0.0967. The summed E-state index contributed by atoms with van der Waals surface area (Å²) < 4.78 is 6.64. The molecule has 1 N–H and O–H groups in total. The van der Waals surface area contributed by atoms with Crippen molar-refractivity contribution < 1.29 is 9.32 Å². The number of carbonyl (C=O) groups is 1. The molecule has 4 rings (SSSR count). The van der Waals surface area contributed by atoms with E-state index in [0.29, 0.717) is 18.1 Å². The molecule has 3 aromatic heterocycles. The van der Waals surface area contributed by atoms with Gasteiger partial charge in [-0.3, -0.25) is 9.78 Å². The van der Waals surface area contributed by atoms with Crippen LogP contribution in [0.1, 0.15) is 17.5 Å². The van der Waals surface area contributed by atoms with E-state index in [4.69, 9.17) is 4.52 Å². The van der Waals surface area contributed by atoms with E-state index >= 15 is 0 Å². The Bertz CT molecular complexity index is 1020. The molecule has 0 aliphatic heterocycles. The summed E-state index contributed by atoms with van der Waals surface area (Å²) in [6, 6.07) is 12.7. The Hall–Kier alpha value is -3.95. The number of carbonyl (C=O) groups excluding carboxylic acids is 1. The zero-order valence-electron chi connectivity index (χ0n) is 14.7. The SMILES string of the molecule is O=C(NCc1nc(-c2cccnc2)no1)[C@@H](Cc1ccccc1)n1cnnn1. The largest absolute Gasteiger partial charge is 0.345 e. The molecule has 10 nitrogen and oxygen atoms in total. The third-order valence-corrected chi connectivity index (χ3v) is 4.06. The third kappa shape index (κ3) is 4.06. The van der Waals surface area contributed by atoms with Gasteiger partial charge in [0, 0.05) is 24.4 Å². The highest BCUT2D eigenvalue weighted by molar-refractivity contribution is 5.80. The molecule has 1 atom stereocenters. The molecule has 0 saturated heterocycles. The minimum Gasteiger partial charge on any atom is -0.345 e. The van der Waals surface area contributed by atoms with Gasteiger partial charge in [0.2, 0.25) is 17.6 Å².